The van der Waals surface area contributed by atoms with Gasteiger partial charge in [0.25, 0.3) is 5.91 Å². The number of benzene rings is 1. The highest BCUT2D eigenvalue weighted by atomic mass is 35.5. The van der Waals surface area contributed by atoms with Crippen LogP contribution in [0.2, 0.25) is 10.0 Å². The number of carbonyl (C=O) groups is 2. The van der Waals surface area contributed by atoms with Crippen molar-refractivity contribution in [3.63, 3.8) is 0 Å². The predicted octanol–water partition coefficient (Wildman–Crippen LogP) is 1.85. The molecular weight excluding hydrogens is 464 g/mol. The standard InChI is InChI=1S/C15H15Cl2F3N2O6S/c16-10-6-11(17)12(29(25,26)22-1-3-27-4-2-22)5-9(10)14(24)28-7-13(23)21-8-15(18,19)20/h5-6H,1-4,7-8H2,(H,21,23). The normalized spacial score (nSPS) is 15.8. The quantitative estimate of drug-likeness (QED) is 0.626. The van der Waals surface area contributed by atoms with E-state index in [4.69, 9.17) is 27.9 Å². The molecule has 1 aliphatic rings. The lowest BCUT2D eigenvalue weighted by Gasteiger charge is -2.26. The first-order valence-electron chi connectivity index (χ1n) is 7.99. The van der Waals surface area contributed by atoms with Crippen molar-refractivity contribution in [3.8, 4) is 0 Å². The molecule has 0 radical (unpaired) electrons. The van der Waals surface area contributed by atoms with Crippen LogP contribution in [-0.4, -0.2) is 70.2 Å². The molecule has 8 nitrogen and oxygen atoms in total. The fourth-order valence-electron chi connectivity index (χ4n) is 2.27. The summed E-state index contributed by atoms with van der Waals surface area (Å²) >= 11 is 11.9. The van der Waals surface area contributed by atoms with Crippen molar-refractivity contribution in [2.75, 3.05) is 39.5 Å². The molecule has 0 spiro atoms. The summed E-state index contributed by atoms with van der Waals surface area (Å²) in [4.78, 5) is 23.1. The lowest BCUT2D eigenvalue weighted by molar-refractivity contribution is -0.140. The summed E-state index contributed by atoms with van der Waals surface area (Å²) in [5, 5.41) is 1.03. The average molecular weight is 479 g/mol. The molecule has 0 aromatic heterocycles. The molecule has 1 heterocycles. The molecule has 0 atom stereocenters. The van der Waals surface area contributed by atoms with Crippen molar-refractivity contribution in [1.82, 2.24) is 9.62 Å². The Bertz CT molecular complexity index is 889. The number of nitrogens with zero attached hydrogens (tertiary/aromatic N) is 1. The maximum atomic E-state index is 12.8. The fraction of sp³-hybridized carbons (Fsp3) is 0.467. The third-order valence-corrected chi connectivity index (χ3v) is 6.33. The maximum Gasteiger partial charge on any atom is 0.405 e. The topological polar surface area (TPSA) is 102 Å². The van der Waals surface area contributed by atoms with E-state index in [2.05, 4.69) is 4.74 Å². The van der Waals surface area contributed by atoms with Crippen LogP contribution in [0.5, 0.6) is 0 Å². The number of rotatable bonds is 6. The van der Waals surface area contributed by atoms with Crippen LogP contribution in [0.4, 0.5) is 13.2 Å². The number of morpholine rings is 1. The van der Waals surface area contributed by atoms with E-state index in [0.717, 1.165) is 16.4 Å². The van der Waals surface area contributed by atoms with Crippen molar-refractivity contribution in [1.29, 1.82) is 0 Å². The molecule has 1 N–H and O–H groups in total. The van der Waals surface area contributed by atoms with Gasteiger partial charge in [0.1, 0.15) is 11.4 Å². The molecule has 162 valence electrons. The van der Waals surface area contributed by atoms with Crippen molar-refractivity contribution < 1.29 is 40.7 Å². The SMILES string of the molecule is O=C(COC(=O)c1cc(S(=O)(=O)N2CCOCC2)c(Cl)cc1Cl)NCC(F)(F)F. The Morgan fingerprint density at radius 2 is 1.79 bits per heavy atom. The second-order valence-electron chi connectivity index (χ2n) is 5.75. The summed E-state index contributed by atoms with van der Waals surface area (Å²) < 4.78 is 72.5. The molecule has 1 aliphatic heterocycles. The third-order valence-electron chi connectivity index (χ3n) is 3.65. The average Bonchev–Trinajstić information content (AvgIpc) is 2.64. The summed E-state index contributed by atoms with van der Waals surface area (Å²) in [5.41, 5.74) is -0.411. The van der Waals surface area contributed by atoms with Crippen LogP contribution in [0, 0.1) is 0 Å². The molecule has 1 amide bonds. The van der Waals surface area contributed by atoms with Crippen LogP contribution in [0.3, 0.4) is 0 Å². The molecule has 0 unspecified atom stereocenters. The molecular formula is C15H15Cl2F3N2O6S. The van der Waals surface area contributed by atoms with Gasteiger partial charge in [-0.2, -0.15) is 17.5 Å². The minimum atomic E-state index is -4.62. The minimum absolute atomic E-state index is 0.0838. The van der Waals surface area contributed by atoms with Crippen LogP contribution >= 0.6 is 23.2 Å². The van der Waals surface area contributed by atoms with Crippen molar-refractivity contribution >= 4 is 45.1 Å². The first-order valence-corrected chi connectivity index (χ1v) is 10.2. The summed E-state index contributed by atoms with van der Waals surface area (Å²) in [5.74, 6) is -2.39. The minimum Gasteiger partial charge on any atom is -0.452 e. The van der Waals surface area contributed by atoms with Crippen molar-refractivity contribution in [2.45, 2.75) is 11.1 Å². The van der Waals surface area contributed by atoms with Crippen LogP contribution in [0.1, 0.15) is 10.4 Å². The Morgan fingerprint density at radius 1 is 1.17 bits per heavy atom. The summed E-state index contributed by atoms with van der Waals surface area (Å²) in [6.45, 7) is -2.06. The second-order valence-corrected chi connectivity index (χ2v) is 8.47. The van der Waals surface area contributed by atoms with Crippen LogP contribution in [0.25, 0.3) is 0 Å². The van der Waals surface area contributed by atoms with E-state index >= 15 is 0 Å². The van der Waals surface area contributed by atoms with E-state index in [1.54, 1.807) is 0 Å². The maximum absolute atomic E-state index is 12.8. The summed E-state index contributed by atoms with van der Waals surface area (Å²) in [6, 6.07) is 1.92. The van der Waals surface area contributed by atoms with Gasteiger partial charge in [-0.25, -0.2) is 13.2 Å². The van der Waals surface area contributed by atoms with Gasteiger partial charge in [-0.1, -0.05) is 23.2 Å². The zero-order chi connectivity index (χ0) is 21.8. The van der Waals surface area contributed by atoms with Gasteiger partial charge in [0, 0.05) is 13.1 Å². The Labute approximate surface area is 173 Å². The first kappa shape index (κ1) is 23.7. The molecule has 1 saturated heterocycles. The number of amides is 1. The lowest BCUT2D eigenvalue weighted by Crippen LogP contribution is -2.40. The van der Waals surface area contributed by atoms with E-state index in [0.29, 0.717) is 0 Å². The smallest absolute Gasteiger partial charge is 0.405 e. The van der Waals surface area contributed by atoms with E-state index in [9.17, 15) is 31.2 Å². The predicted molar refractivity (Wildman–Crippen MR) is 95.4 cm³/mol. The first-order chi connectivity index (χ1) is 13.4. The van der Waals surface area contributed by atoms with E-state index in [1.807, 2.05) is 0 Å². The van der Waals surface area contributed by atoms with Gasteiger partial charge in [0.2, 0.25) is 10.0 Å². The van der Waals surface area contributed by atoms with E-state index < -0.39 is 51.7 Å². The molecule has 0 aliphatic carbocycles. The van der Waals surface area contributed by atoms with E-state index in [1.165, 1.54) is 5.32 Å². The van der Waals surface area contributed by atoms with Gasteiger partial charge < -0.3 is 14.8 Å². The lowest BCUT2D eigenvalue weighted by atomic mass is 10.2. The largest absolute Gasteiger partial charge is 0.452 e. The number of halogens is 5. The number of esters is 1. The number of ether oxygens (including phenoxy) is 2. The number of nitrogens with one attached hydrogen (secondary N) is 1. The highest BCUT2D eigenvalue weighted by Gasteiger charge is 2.31. The van der Waals surface area contributed by atoms with Crippen molar-refractivity contribution in [3.05, 3.63) is 27.7 Å². The zero-order valence-electron chi connectivity index (χ0n) is 14.6. The Morgan fingerprint density at radius 3 is 2.38 bits per heavy atom. The highest BCUT2D eigenvalue weighted by Crippen LogP contribution is 2.31. The number of alkyl halides is 3. The highest BCUT2D eigenvalue weighted by molar-refractivity contribution is 7.89. The van der Waals surface area contributed by atoms with Gasteiger partial charge in [-0.15, -0.1) is 0 Å². The monoisotopic (exact) mass is 478 g/mol. The van der Waals surface area contributed by atoms with Gasteiger partial charge >= 0.3 is 12.1 Å². The molecule has 0 saturated carbocycles. The molecule has 2 rings (SSSR count). The van der Waals surface area contributed by atoms with E-state index in [-0.39, 0.29) is 36.3 Å². The number of carbonyl (C=O) groups excluding carboxylic acids is 2. The van der Waals surface area contributed by atoms with Gasteiger partial charge in [-0.3, -0.25) is 4.79 Å². The Hall–Kier alpha value is -1.60. The molecule has 0 bridgehead atoms. The Kier molecular flexibility index (Phi) is 7.74. The molecule has 1 aromatic carbocycles. The van der Waals surface area contributed by atoms with Gasteiger partial charge in [0.05, 0.1) is 28.8 Å². The Balaban J connectivity index is 2.16. The number of hydrogen-bond donors (Lipinski definition) is 1. The summed E-state index contributed by atoms with van der Waals surface area (Å²) in [6.07, 6.45) is -4.62. The number of sulfonamides is 1. The molecule has 1 fully saturated rings. The second kappa shape index (κ2) is 9.47. The molecule has 14 heteroatoms. The van der Waals surface area contributed by atoms with Crippen LogP contribution in [0.15, 0.2) is 17.0 Å². The van der Waals surface area contributed by atoms with Crippen LogP contribution in [-0.2, 0) is 24.3 Å². The van der Waals surface area contributed by atoms with Crippen molar-refractivity contribution in [2.24, 2.45) is 0 Å². The van der Waals surface area contributed by atoms with Crippen LogP contribution < -0.4 is 5.32 Å². The van der Waals surface area contributed by atoms with Gasteiger partial charge in [-0.05, 0) is 12.1 Å². The number of hydrogen-bond acceptors (Lipinski definition) is 6. The molecule has 1 aromatic rings. The summed E-state index contributed by atoms with van der Waals surface area (Å²) in [7, 11) is -4.07. The third kappa shape index (κ3) is 6.44. The van der Waals surface area contributed by atoms with Gasteiger partial charge in [0.15, 0.2) is 6.61 Å². The zero-order valence-corrected chi connectivity index (χ0v) is 16.9. The molecule has 29 heavy (non-hydrogen) atoms. The fourth-order valence-corrected chi connectivity index (χ4v) is 4.50.